The molecule has 2 N–H and O–H groups in total. The van der Waals surface area contributed by atoms with E-state index in [1.165, 1.54) is 54.7 Å². The van der Waals surface area contributed by atoms with E-state index < -0.39 is 0 Å². The highest BCUT2D eigenvalue weighted by Gasteiger charge is 2.16. The van der Waals surface area contributed by atoms with E-state index in [1.807, 2.05) is 23.5 Å². The summed E-state index contributed by atoms with van der Waals surface area (Å²) >= 11 is 3.88. The number of benzene rings is 2. The molecule has 0 saturated carbocycles. The molecule has 0 saturated heterocycles. The first-order chi connectivity index (χ1) is 17.5. The van der Waals surface area contributed by atoms with Gasteiger partial charge in [0.1, 0.15) is 11.5 Å². The molecule has 0 unspecified atom stereocenters. The maximum absolute atomic E-state index is 10.6. The summed E-state index contributed by atoms with van der Waals surface area (Å²) in [5.74, 6) is 4.66. The molecule has 0 heterocycles. The first-order valence-corrected chi connectivity index (χ1v) is 16.5. The lowest BCUT2D eigenvalue weighted by Crippen LogP contribution is -1.97. The summed E-state index contributed by atoms with van der Waals surface area (Å²) in [5, 5.41) is 21.2. The van der Waals surface area contributed by atoms with Crippen LogP contribution in [0.3, 0.4) is 0 Å². The van der Waals surface area contributed by atoms with Gasteiger partial charge in [-0.3, -0.25) is 0 Å². The first-order valence-electron chi connectivity index (χ1n) is 14.5. The molecule has 0 fully saturated rings. The Morgan fingerprint density at radius 2 is 0.703 bits per heavy atom. The zero-order valence-corrected chi connectivity index (χ0v) is 26.3. The van der Waals surface area contributed by atoms with Crippen LogP contribution in [0, 0.1) is 0 Å². The lowest BCUT2D eigenvalue weighted by atomic mass is 9.94. The number of thioether (sulfide) groups is 2. The van der Waals surface area contributed by atoms with Gasteiger partial charge < -0.3 is 10.2 Å². The van der Waals surface area contributed by atoms with E-state index in [4.69, 9.17) is 0 Å². The molecule has 0 aliphatic carbocycles. The van der Waals surface area contributed by atoms with Crippen molar-refractivity contribution in [1.82, 2.24) is 0 Å². The highest BCUT2D eigenvalue weighted by Crippen LogP contribution is 2.39. The minimum atomic E-state index is 0.340. The van der Waals surface area contributed by atoms with Crippen LogP contribution in [-0.4, -0.2) is 21.7 Å². The van der Waals surface area contributed by atoms with Gasteiger partial charge in [0.25, 0.3) is 0 Å². The summed E-state index contributed by atoms with van der Waals surface area (Å²) in [6.07, 6.45) is 9.10. The van der Waals surface area contributed by atoms with Crippen LogP contribution < -0.4 is 0 Å². The second kappa shape index (κ2) is 16.0. The van der Waals surface area contributed by atoms with E-state index in [9.17, 15) is 10.2 Å². The molecular weight excluding hydrogens is 492 g/mol. The largest absolute Gasteiger partial charge is 0.507 e. The summed E-state index contributed by atoms with van der Waals surface area (Å²) in [7, 11) is 0. The van der Waals surface area contributed by atoms with Crippen LogP contribution in [-0.2, 0) is 0 Å². The van der Waals surface area contributed by atoms with Crippen LogP contribution >= 0.6 is 23.5 Å². The topological polar surface area (TPSA) is 40.5 Å². The van der Waals surface area contributed by atoms with Gasteiger partial charge in [-0.15, -0.1) is 23.5 Å². The number of aromatic hydroxyl groups is 2. The third kappa shape index (κ3) is 10.1. The van der Waals surface area contributed by atoms with Crippen molar-refractivity contribution in [3.05, 3.63) is 46.5 Å². The minimum Gasteiger partial charge on any atom is -0.507 e. The molecule has 0 bridgehead atoms. The van der Waals surface area contributed by atoms with Gasteiger partial charge in [-0.05, 0) is 94.5 Å². The Balaban J connectivity index is 1.64. The van der Waals surface area contributed by atoms with Crippen LogP contribution in [0.2, 0.25) is 0 Å². The highest BCUT2D eigenvalue weighted by molar-refractivity contribution is 7.99. The van der Waals surface area contributed by atoms with Crippen molar-refractivity contribution in [3.63, 3.8) is 0 Å². The quantitative estimate of drug-likeness (QED) is 0.163. The number of phenols is 2. The molecule has 0 radical (unpaired) electrons. The number of hydrogen-bond donors (Lipinski definition) is 2. The van der Waals surface area contributed by atoms with Gasteiger partial charge in [-0.1, -0.05) is 87.5 Å². The molecule has 208 valence electrons. The molecular formula is C33H52O2S2. The van der Waals surface area contributed by atoms with E-state index in [0.29, 0.717) is 35.2 Å². The van der Waals surface area contributed by atoms with E-state index in [0.717, 1.165) is 33.8 Å². The molecule has 2 aromatic rings. The first kappa shape index (κ1) is 32.0. The van der Waals surface area contributed by atoms with E-state index in [1.54, 1.807) is 0 Å². The van der Waals surface area contributed by atoms with Crippen molar-refractivity contribution in [3.8, 4) is 11.5 Å². The highest BCUT2D eigenvalue weighted by atomic mass is 32.2. The van der Waals surface area contributed by atoms with Crippen molar-refractivity contribution < 1.29 is 10.2 Å². The molecule has 0 aliphatic heterocycles. The Morgan fingerprint density at radius 3 is 0.946 bits per heavy atom. The van der Waals surface area contributed by atoms with Gasteiger partial charge in [0.05, 0.1) is 0 Å². The molecule has 0 atom stereocenters. The number of unbranched alkanes of at least 4 members (excludes halogenated alkanes) is 6. The van der Waals surface area contributed by atoms with Crippen LogP contribution in [0.1, 0.15) is 146 Å². The van der Waals surface area contributed by atoms with Crippen LogP contribution in [0.5, 0.6) is 11.5 Å². The Hall–Kier alpha value is -1.26. The molecule has 4 heteroatoms. The van der Waals surface area contributed by atoms with Crippen molar-refractivity contribution in [1.29, 1.82) is 0 Å². The zero-order chi connectivity index (χ0) is 27.5. The van der Waals surface area contributed by atoms with E-state index in [2.05, 4.69) is 79.7 Å². The third-order valence-corrected chi connectivity index (χ3v) is 9.22. The summed E-state index contributed by atoms with van der Waals surface area (Å²) in [6.45, 7) is 17.3. The molecule has 0 amide bonds. The molecule has 2 nitrogen and oxygen atoms in total. The fourth-order valence-corrected chi connectivity index (χ4v) is 6.71. The van der Waals surface area contributed by atoms with E-state index >= 15 is 0 Å². The van der Waals surface area contributed by atoms with Gasteiger partial charge in [0, 0.05) is 9.79 Å². The molecule has 2 aromatic carbocycles. The van der Waals surface area contributed by atoms with Crippen molar-refractivity contribution in [2.24, 2.45) is 0 Å². The normalized spacial score (nSPS) is 12.0. The Morgan fingerprint density at radius 1 is 0.459 bits per heavy atom. The van der Waals surface area contributed by atoms with Gasteiger partial charge in [0.2, 0.25) is 0 Å². The lowest BCUT2D eigenvalue weighted by molar-refractivity contribution is 0.453. The Labute approximate surface area is 236 Å². The standard InChI is InChI=1S/C33H52O2S2/c1-22(2)28-18-26(19-29(23(3)4)32(28)34)36-16-14-12-10-9-11-13-15-17-37-27-20-30(24(5)6)33(35)31(21-27)25(7)8/h18-25,34-35H,9-17H2,1-8H3. The fraction of sp³-hybridized carbons (Fsp3) is 0.636. The monoisotopic (exact) mass is 544 g/mol. The second-order valence-corrected chi connectivity index (χ2v) is 14.0. The molecule has 0 aliphatic rings. The number of phenolic OH excluding ortho intramolecular Hbond substituents is 2. The number of hydrogen-bond acceptors (Lipinski definition) is 4. The van der Waals surface area contributed by atoms with Crippen LogP contribution in [0.4, 0.5) is 0 Å². The van der Waals surface area contributed by atoms with Crippen LogP contribution in [0.25, 0.3) is 0 Å². The predicted octanol–water partition coefficient (Wildman–Crippen LogP) is 11.2. The summed E-state index contributed by atoms with van der Waals surface area (Å²) < 4.78 is 0. The van der Waals surface area contributed by atoms with Gasteiger partial charge >= 0.3 is 0 Å². The minimum absolute atomic E-state index is 0.340. The van der Waals surface area contributed by atoms with Crippen molar-refractivity contribution in [2.45, 2.75) is 134 Å². The summed E-state index contributed by atoms with van der Waals surface area (Å²) in [5.41, 5.74) is 4.33. The lowest BCUT2D eigenvalue weighted by Gasteiger charge is -2.17. The average molecular weight is 545 g/mol. The van der Waals surface area contributed by atoms with Gasteiger partial charge in [0.15, 0.2) is 0 Å². The SMILES string of the molecule is CC(C)c1cc(SCCCCCCCCCSc2cc(C(C)C)c(O)c(C(C)C)c2)cc(C(C)C)c1O. The average Bonchev–Trinajstić information content (AvgIpc) is 2.83. The molecule has 2 rings (SSSR count). The smallest absolute Gasteiger partial charge is 0.122 e. The number of rotatable bonds is 16. The maximum Gasteiger partial charge on any atom is 0.122 e. The fourth-order valence-electron chi connectivity index (χ4n) is 4.70. The van der Waals surface area contributed by atoms with Crippen LogP contribution in [0.15, 0.2) is 34.1 Å². The van der Waals surface area contributed by atoms with Gasteiger partial charge in [-0.25, -0.2) is 0 Å². The zero-order valence-electron chi connectivity index (χ0n) is 24.7. The summed E-state index contributed by atoms with van der Waals surface area (Å²) in [4.78, 5) is 2.61. The van der Waals surface area contributed by atoms with Gasteiger partial charge in [-0.2, -0.15) is 0 Å². The maximum atomic E-state index is 10.6. The predicted molar refractivity (Wildman–Crippen MR) is 166 cm³/mol. The molecule has 0 aromatic heterocycles. The molecule has 0 spiro atoms. The molecule has 37 heavy (non-hydrogen) atoms. The third-order valence-electron chi connectivity index (χ3n) is 7.10. The van der Waals surface area contributed by atoms with E-state index in [-0.39, 0.29) is 0 Å². The second-order valence-electron chi connectivity index (χ2n) is 11.7. The van der Waals surface area contributed by atoms with Crippen molar-refractivity contribution >= 4 is 23.5 Å². The summed E-state index contributed by atoms with van der Waals surface area (Å²) in [6, 6.07) is 8.78. The Kier molecular flexibility index (Phi) is 13.8. The Bertz CT molecular complexity index is 827. The van der Waals surface area contributed by atoms with Crippen molar-refractivity contribution in [2.75, 3.05) is 11.5 Å².